The molecule has 0 aromatic carbocycles. The average molecular weight is 268 g/mol. The van der Waals surface area contributed by atoms with Gasteiger partial charge in [-0.1, -0.05) is 26.8 Å². The van der Waals surface area contributed by atoms with Crippen LogP contribution in [0.4, 0.5) is 0 Å². The lowest BCUT2D eigenvalue weighted by Crippen LogP contribution is -2.05. The van der Waals surface area contributed by atoms with Crippen molar-refractivity contribution in [3.05, 3.63) is 58.7 Å². The van der Waals surface area contributed by atoms with Crippen LogP contribution in [0.25, 0.3) is 0 Å². The smallest absolute Gasteiger partial charge is 0.0437 e. The monoisotopic (exact) mass is 268 g/mol. The Hall–Kier alpha value is -1.70. The Balaban J connectivity index is 2.17. The van der Waals surface area contributed by atoms with Gasteiger partial charge in [-0.15, -0.1) is 0 Å². The Morgan fingerprint density at radius 1 is 1.00 bits per heavy atom. The highest BCUT2D eigenvalue weighted by atomic mass is 14.7. The normalized spacial score (nSPS) is 12.7. The van der Waals surface area contributed by atoms with E-state index in [1.807, 2.05) is 12.3 Å². The highest BCUT2D eigenvalue weighted by Gasteiger charge is 2.11. The SMILES string of the molecule is Cc1ccnc(C(C)Cc2ccc(C(C)C)nc2C)c1. The molecule has 0 bridgehead atoms. The van der Waals surface area contributed by atoms with E-state index in [0.717, 1.165) is 17.8 Å². The Kier molecular flexibility index (Phi) is 4.53. The van der Waals surface area contributed by atoms with Crippen LogP contribution in [-0.4, -0.2) is 9.97 Å². The number of aromatic nitrogens is 2. The number of aryl methyl sites for hydroxylation is 2. The van der Waals surface area contributed by atoms with Crippen molar-refractivity contribution in [1.82, 2.24) is 9.97 Å². The molecule has 2 nitrogen and oxygen atoms in total. The summed E-state index contributed by atoms with van der Waals surface area (Å²) < 4.78 is 0. The number of nitrogens with zero attached hydrogens (tertiary/aromatic N) is 2. The number of rotatable bonds is 4. The predicted molar refractivity (Wildman–Crippen MR) is 84.2 cm³/mol. The van der Waals surface area contributed by atoms with E-state index in [-0.39, 0.29) is 0 Å². The first kappa shape index (κ1) is 14.7. The van der Waals surface area contributed by atoms with Crippen molar-refractivity contribution in [1.29, 1.82) is 0 Å². The third-order valence-electron chi connectivity index (χ3n) is 3.78. The van der Waals surface area contributed by atoms with Gasteiger partial charge in [-0.2, -0.15) is 0 Å². The van der Waals surface area contributed by atoms with Crippen LogP contribution >= 0.6 is 0 Å². The fraction of sp³-hybridized carbons (Fsp3) is 0.444. The summed E-state index contributed by atoms with van der Waals surface area (Å²) in [7, 11) is 0. The molecule has 0 saturated carbocycles. The maximum Gasteiger partial charge on any atom is 0.0437 e. The van der Waals surface area contributed by atoms with Crippen LogP contribution in [0.2, 0.25) is 0 Å². The van der Waals surface area contributed by atoms with Gasteiger partial charge in [0.1, 0.15) is 0 Å². The van der Waals surface area contributed by atoms with E-state index in [4.69, 9.17) is 4.98 Å². The maximum atomic E-state index is 4.72. The van der Waals surface area contributed by atoms with Crippen molar-refractivity contribution < 1.29 is 0 Å². The largest absolute Gasteiger partial charge is 0.261 e. The third kappa shape index (κ3) is 3.44. The summed E-state index contributed by atoms with van der Waals surface area (Å²) in [4.78, 5) is 9.21. The Morgan fingerprint density at radius 2 is 1.75 bits per heavy atom. The standard InChI is InChI=1S/C18H24N2/c1-12(2)17-7-6-16(15(5)20-17)11-14(4)18-10-13(3)8-9-19-18/h6-10,12,14H,11H2,1-5H3. The molecule has 2 heteroatoms. The second-order valence-electron chi connectivity index (χ2n) is 6.00. The summed E-state index contributed by atoms with van der Waals surface area (Å²) in [5, 5.41) is 0. The zero-order valence-corrected chi connectivity index (χ0v) is 13.1. The molecule has 0 N–H and O–H groups in total. The summed E-state index contributed by atoms with van der Waals surface area (Å²) in [5.74, 6) is 0.902. The van der Waals surface area contributed by atoms with Crippen molar-refractivity contribution in [2.45, 2.75) is 52.9 Å². The summed E-state index contributed by atoms with van der Waals surface area (Å²) in [6.07, 6.45) is 2.89. The van der Waals surface area contributed by atoms with Gasteiger partial charge in [-0.25, -0.2) is 0 Å². The van der Waals surface area contributed by atoms with Crippen LogP contribution in [-0.2, 0) is 6.42 Å². The molecule has 0 fully saturated rings. The van der Waals surface area contributed by atoms with E-state index in [2.05, 4.69) is 57.8 Å². The average Bonchev–Trinajstić information content (AvgIpc) is 2.40. The lowest BCUT2D eigenvalue weighted by molar-refractivity contribution is 0.718. The fourth-order valence-corrected chi connectivity index (χ4v) is 2.41. The van der Waals surface area contributed by atoms with E-state index in [0.29, 0.717) is 11.8 Å². The van der Waals surface area contributed by atoms with Crippen molar-refractivity contribution in [3.8, 4) is 0 Å². The van der Waals surface area contributed by atoms with Gasteiger partial charge in [-0.3, -0.25) is 9.97 Å². The van der Waals surface area contributed by atoms with Gasteiger partial charge in [-0.05, 0) is 55.5 Å². The molecule has 0 spiro atoms. The van der Waals surface area contributed by atoms with E-state index in [9.17, 15) is 0 Å². The van der Waals surface area contributed by atoms with Crippen molar-refractivity contribution >= 4 is 0 Å². The summed E-state index contributed by atoms with van der Waals surface area (Å²) in [6, 6.07) is 8.60. The lowest BCUT2D eigenvalue weighted by Gasteiger charge is -2.14. The third-order valence-corrected chi connectivity index (χ3v) is 3.78. The molecule has 1 atom stereocenters. The molecule has 2 rings (SSSR count). The van der Waals surface area contributed by atoms with Crippen LogP contribution < -0.4 is 0 Å². The molecular formula is C18H24N2. The zero-order chi connectivity index (χ0) is 14.7. The van der Waals surface area contributed by atoms with Gasteiger partial charge < -0.3 is 0 Å². The number of hydrogen-bond acceptors (Lipinski definition) is 2. The van der Waals surface area contributed by atoms with Crippen molar-refractivity contribution in [2.24, 2.45) is 0 Å². The minimum absolute atomic E-state index is 0.417. The molecule has 106 valence electrons. The quantitative estimate of drug-likeness (QED) is 0.812. The topological polar surface area (TPSA) is 25.8 Å². The van der Waals surface area contributed by atoms with E-state index >= 15 is 0 Å². The van der Waals surface area contributed by atoms with Gasteiger partial charge in [0, 0.05) is 29.2 Å². The van der Waals surface area contributed by atoms with E-state index < -0.39 is 0 Å². The molecule has 2 aromatic rings. The minimum atomic E-state index is 0.417. The fourth-order valence-electron chi connectivity index (χ4n) is 2.41. The molecule has 0 amide bonds. The van der Waals surface area contributed by atoms with Gasteiger partial charge >= 0.3 is 0 Å². The van der Waals surface area contributed by atoms with Gasteiger partial charge in [0.15, 0.2) is 0 Å². The summed E-state index contributed by atoms with van der Waals surface area (Å²) >= 11 is 0. The van der Waals surface area contributed by atoms with E-state index in [1.54, 1.807) is 0 Å². The maximum absolute atomic E-state index is 4.72. The highest BCUT2D eigenvalue weighted by Crippen LogP contribution is 2.22. The molecule has 0 aliphatic rings. The zero-order valence-electron chi connectivity index (χ0n) is 13.1. The molecule has 2 heterocycles. The number of pyridine rings is 2. The molecule has 0 aliphatic carbocycles. The first-order valence-corrected chi connectivity index (χ1v) is 7.36. The molecule has 0 radical (unpaired) electrons. The van der Waals surface area contributed by atoms with Crippen LogP contribution in [0.3, 0.4) is 0 Å². The second-order valence-corrected chi connectivity index (χ2v) is 6.00. The second kappa shape index (κ2) is 6.17. The van der Waals surface area contributed by atoms with Gasteiger partial charge in [0.25, 0.3) is 0 Å². The molecular weight excluding hydrogens is 244 g/mol. The van der Waals surface area contributed by atoms with Gasteiger partial charge in [0.05, 0.1) is 0 Å². The molecule has 0 aliphatic heterocycles. The predicted octanol–water partition coefficient (Wildman–Crippen LogP) is 4.56. The lowest BCUT2D eigenvalue weighted by atomic mass is 9.95. The van der Waals surface area contributed by atoms with Crippen LogP contribution in [0.1, 0.15) is 60.8 Å². The Labute approximate surface area is 122 Å². The molecule has 2 aromatic heterocycles. The van der Waals surface area contributed by atoms with Crippen LogP contribution in [0.15, 0.2) is 30.5 Å². The molecule has 1 unspecified atom stereocenters. The molecule has 20 heavy (non-hydrogen) atoms. The Morgan fingerprint density at radius 3 is 2.35 bits per heavy atom. The van der Waals surface area contributed by atoms with Crippen LogP contribution in [0, 0.1) is 13.8 Å². The van der Waals surface area contributed by atoms with Gasteiger partial charge in [0.2, 0.25) is 0 Å². The van der Waals surface area contributed by atoms with Crippen LogP contribution in [0.5, 0.6) is 0 Å². The van der Waals surface area contributed by atoms with Crippen molar-refractivity contribution in [3.63, 3.8) is 0 Å². The first-order chi connectivity index (χ1) is 9.47. The first-order valence-electron chi connectivity index (χ1n) is 7.36. The number of hydrogen-bond donors (Lipinski definition) is 0. The van der Waals surface area contributed by atoms with Crippen molar-refractivity contribution in [2.75, 3.05) is 0 Å². The summed E-state index contributed by atoms with van der Waals surface area (Å²) in [6.45, 7) is 10.8. The summed E-state index contributed by atoms with van der Waals surface area (Å²) in [5.41, 5.74) is 6.08. The highest BCUT2D eigenvalue weighted by molar-refractivity contribution is 5.26. The van der Waals surface area contributed by atoms with E-state index in [1.165, 1.54) is 16.8 Å². The minimum Gasteiger partial charge on any atom is -0.261 e. The molecule has 0 saturated heterocycles. The Bertz CT molecular complexity index is 588.